The molecule has 1 aromatic heterocycles. The monoisotopic (exact) mass is 176 g/mol. The number of aromatic nitrogens is 1. The number of rotatable bonds is 1. The lowest BCUT2D eigenvalue weighted by atomic mass is 9.95. The Morgan fingerprint density at radius 2 is 2.38 bits per heavy atom. The summed E-state index contributed by atoms with van der Waals surface area (Å²) in [6, 6.07) is 4.31. The molecule has 13 heavy (non-hydrogen) atoms. The molecule has 0 spiro atoms. The van der Waals surface area contributed by atoms with E-state index in [9.17, 15) is 0 Å². The van der Waals surface area contributed by atoms with Crippen molar-refractivity contribution in [3.05, 3.63) is 29.6 Å². The first-order valence-corrected chi connectivity index (χ1v) is 4.99. The highest BCUT2D eigenvalue weighted by Crippen LogP contribution is 2.20. The zero-order valence-corrected chi connectivity index (χ0v) is 8.09. The van der Waals surface area contributed by atoms with Gasteiger partial charge in [0.1, 0.15) is 0 Å². The Labute approximate surface area is 79.4 Å². The van der Waals surface area contributed by atoms with Crippen LogP contribution in [-0.2, 0) is 0 Å². The zero-order chi connectivity index (χ0) is 9.10. The summed E-state index contributed by atoms with van der Waals surface area (Å²) in [4.78, 5) is 4.46. The summed E-state index contributed by atoms with van der Waals surface area (Å²) < 4.78 is 0. The van der Waals surface area contributed by atoms with E-state index in [1.54, 1.807) is 0 Å². The van der Waals surface area contributed by atoms with Crippen molar-refractivity contribution in [1.29, 1.82) is 0 Å². The van der Waals surface area contributed by atoms with Gasteiger partial charge >= 0.3 is 0 Å². The molecule has 1 saturated heterocycles. The number of piperidine rings is 1. The van der Waals surface area contributed by atoms with Gasteiger partial charge in [0.2, 0.25) is 0 Å². The van der Waals surface area contributed by atoms with Crippen LogP contribution in [0.2, 0.25) is 0 Å². The molecule has 0 aliphatic carbocycles. The highest BCUT2D eigenvalue weighted by Gasteiger charge is 2.15. The van der Waals surface area contributed by atoms with Gasteiger partial charge in [0.05, 0.1) is 0 Å². The fourth-order valence-corrected chi connectivity index (χ4v) is 1.83. The number of pyridine rings is 1. The molecular formula is C11H16N2. The molecule has 70 valence electrons. The molecule has 1 fully saturated rings. The van der Waals surface area contributed by atoms with Gasteiger partial charge in [-0.15, -0.1) is 0 Å². The maximum Gasteiger partial charge on any atom is 0.0447 e. The van der Waals surface area contributed by atoms with Crippen molar-refractivity contribution < 1.29 is 0 Å². The number of nitrogens with zero attached hydrogens (tertiary/aromatic N) is 1. The third-order valence-corrected chi connectivity index (χ3v) is 2.65. The van der Waals surface area contributed by atoms with E-state index in [0.717, 1.165) is 6.54 Å². The van der Waals surface area contributed by atoms with E-state index in [4.69, 9.17) is 0 Å². The van der Waals surface area contributed by atoms with E-state index in [1.165, 1.54) is 30.6 Å². The molecule has 2 nitrogen and oxygen atoms in total. The molecule has 0 bridgehead atoms. The second-order valence-corrected chi connectivity index (χ2v) is 3.80. The Hall–Kier alpha value is -0.890. The second kappa shape index (κ2) is 3.88. The average molecular weight is 176 g/mol. The summed E-state index contributed by atoms with van der Waals surface area (Å²) >= 11 is 0. The van der Waals surface area contributed by atoms with Crippen molar-refractivity contribution in [3.63, 3.8) is 0 Å². The van der Waals surface area contributed by atoms with Crippen LogP contribution in [-0.4, -0.2) is 18.1 Å². The van der Waals surface area contributed by atoms with Gasteiger partial charge in [-0.2, -0.15) is 0 Å². The Kier molecular flexibility index (Phi) is 2.60. The van der Waals surface area contributed by atoms with E-state index >= 15 is 0 Å². The summed E-state index contributed by atoms with van der Waals surface area (Å²) in [5.41, 5.74) is 2.49. The molecule has 1 aromatic rings. The molecule has 1 N–H and O–H groups in total. The third-order valence-electron chi connectivity index (χ3n) is 2.65. The summed E-state index contributed by atoms with van der Waals surface area (Å²) in [5.74, 6) is 0.634. The van der Waals surface area contributed by atoms with Crippen molar-refractivity contribution in [3.8, 4) is 0 Å². The molecule has 0 aromatic carbocycles. The molecule has 0 saturated carbocycles. The number of nitrogens with one attached hydrogen (secondary N) is 1. The van der Waals surface area contributed by atoms with Crippen LogP contribution in [0.15, 0.2) is 18.3 Å². The first-order valence-electron chi connectivity index (χ1n) is 4.99. The normalized spacial score (nSPS) is 23.0. The van der Waals surface area contributed by atoms with E-state index < -0.39 is 0 Å². The molecule has 1 aliphatic rings. The predicted octanol–water partition coefficient (Wildman–Crippen LogP) is 1.86. The Bertz CT molecular complexity index is 260. The number of hydrogen-bond acceptors (Lipinski definition) is 2. The van der Waals surface area contributed by atoms with Crippen LogP contribution < -0.4 is 5.32 Å². The van der Waals surface area contributed by atoms with Crippen LogP contribution >= 0.6 is 0 Å². The highest BCUT2D eigenvalue weighted by atomic mass is 14.9. The lowest BCUT2D eigenvalue weighted by Gasteiger charge is -2.22. The van der Waals surface area contributed by atoms with Gasteiger partial charge < -0.3 is 5.32 Å². The van der Waals surface area contributed by atoms with Crippen molar-refractivity contribution in [1.82, 2.24) is 10.3 Å². The molecule has 0 radical (unpaired) electrons. The van der Waals surface area contributed by atoms with Crippen molar-refractivity contribution >= 4 is 0 Å². The van der Waals surface area contributed by atoms with E-state index in [-0.39, 0.29) is 0 Å². The fourth-order valence-electron chi connectivity index (χ4n) is 1.83. The Balaban J connectivity index is 2.10. The van der Waals surface area contributed by atoms with Crippen LogP contribution in [0.4, 0.5) is 0 Å². The van der Waals surface area contributed by atoms with Gasteiger partial charge in [-0.05, 0) is 37.9 Å². The molecule has 1 aliphatic heterocycles. The average Bonchev–Trinajstić information content (AvgIpc) is 2.20. The minimum atomic E-state index is 0.634. The maximum atomic E-state index is 4.46. The quantitative estimate of drug-likeness (QED) is 0.706. The van der Waals surface area contributed by atoms with Gasteiger partial charge in [0.25, 0.3) is 0 Å². The Morgan fingerprint density at radius 1 is 1.46 bits per heavy atom. The molecular weight excluding hydrogens is 160 g/mol. The van der Waals surface area contributed by atoms with Gasteiger partial charge in [-0.25, -0.2) is 0 Å². The highest BCUT2D eigenvalue weighted by molar-refractivity contribution is 5.16. The Morgan fingerprint density at radius 3 is 3.00 bits per heavy atom. The topological polar surface area (TPSA) is 24.9 Å². The SMILES string of the molecule is Cc1ccc([C@H]2CCCNC2)nc1. The lowest BCUT2D eigenvalue weighted by Crippen LogP contribution is -2.28. The van der Waals surface area contributed by atoms with Gasteiger partial charge in [0.15, 0.2) is 0 Å². The summed E-state index contributed by atoms with van der Waals surface area (Å²) in [5, 5.41) is 3.41. The third kappa shape index (κ3) is 2.07. The lowest BCUT2D eigenvalue weighted by molar-refractivity contribution is 0.454. The molecule has 0 amide bonds. The van der Waals surface area contributed by atoms with E-state index in [2.05, 4.69) is 29.4 Å². The molecule has 2 heterocycles. The van der Waals surface area contributed by atoms with E-state index in [0.29, 0.717) is 5.92 Å². The first kappa shape index (κ1) is 8.70. The summed E-state index contributed by atoms with van der Waals surface area (Å²) in [6.07, 6.45) is 4.52. The zero-order valence-electron chi connectivity index (χ0n) is 8.09. The van der Waals surface area contributed by atoms with Crippen molar-refractivity contribution in [2.75, 3.05) is 13.1 Å². The fraction of sp³-hybridized carbons (Fsp3) is 0.545. The molecule has 2 heteroatoms. The number of aryl methyl sites for hydroxylation is 1. The van der Waals surface area contributed by atoms with Crippen LogP contribution in [0, 0.1) is 6.92 Å². The van der Waals surface area contributed by atoms with Crippen molar-refractivity contribution in [2.24, 2.45) is 0 Å². The minimum Gasteiger partial charge on any atom is -0.316 e. The van der Waals surface area contributed by atoms with E-state index in [1.807, 2.05) is 6.20 Å². The minimum absolute atomic E-state index is 0.634. The van der Waals surface area contributed by atoms with Crippen LogP contribution in [0.3, 0.4) is 0 Å². The molecule has 0 unspecified atom stereocenters. The van der Waals surface area contributed by atoms with Crippen molar-refractivity contribution in [2.45, 2.75) is 25.7 Å². The van der Waals surface area contributed by atoms with Gasteiger partial charge in [-0.3, -0.25) is 4.98 Å². The largest absolute Gasteiger partial charge is 0.316 e. The number of hydrogen-bond donors (Lipinski definition) is 1. The summed E-state index contributed by atoms with van der Waals surface area (Å²) in [7, 11) is 0. The summed E-state index contributed by atoms with van der Waals surface area (Å²) in [6.45, 7) is 4.34. The molecule has 1 atom stereocenters. The van der Waals surface area contributed by atoms with Crippen LogP contribution in [0.25, 0.3) is 0 Å². The maximum absolute atomic E-state index is 4.46. The second-order valence-electron chi connectivity index (χ2n) is 3.80. The first-order chi connectivity index (χ1) is 6.36. The van der Waals surface area contributed by atoms with Gasteiger partial charge in [0, 0.05) is 24.4 Å². The van der Waals surface area contributed by atoms with Gasteiger partial charge in [-0.1, -0.05) is 6.07 Å². The van der Waals surface area contributed by atoms with Crippen LogP contribution in [0.1, 0.15) is 30.0 Å². The van der Waals surface area contributed by atoms with Crippen LogP contribution in [0.5, 0.6) is 0 Å². The predicted molar refractivity (Wildman–Crippen MR) is 53.8 cm³/mol. The molecule has 2 rings (SSSR count). The standard InChI is InChI=1S/C11H16N2/c1-9-4-5-11(13-7-9)10-3-2-6-12-8-10/h4-5,7,10,12H,2-3,6,8H2,1H3/t10-/m0/s1. The smallest absolute Gasteiger partial charge is 0.0447 e.